The number of aliphatic hydroxyl groups excluding tert-OH is 1. The predicted molar refractivity (Wildman–Crippen MR) is 325 cm³/mol. The van der Waals surface area contributed by atoms with E-state index in [1.165, 1.54) is 23.5 Å². The number of anilines is 1. The zero-order valence-corrected chi connectivity index (χ0v) is 55.9. The van der Waals surface area contributed by atoms with Crippen molar-refractivity contribution in [3.8, 4) is 0 Å². The SMILES string of the molecule is [C-]#[N+]CCOP(=S)(OC[C@H]1O[C@@H](n2cc3c4c(ncnc42)N(C(=O)c2ccccc2)CCC3)[C@H](O[Si](C)(C)C(C)(C)C)[C@@H]1O[P+](=O)O)O[C@@H]1[C@H](O[Si](C)(C)C(C)(C)C)[C@@H](CO)O[C@H]1n1cnc2c(=O)n(CCO[Si](C)(C)C(C)(C)C)cnc21. The highest BCUT2D eigenvalue weighted by molar-refractivity contribution is 8.07. The third-order valence-corrected chi connectivity index (χ3v) is 33.5. The standard InChI is InChI=1S/C54H81N9O14P2SSi3/c1-52(2,3)81(11,12)71-28-26-60-33-59-47-40(49(60)66)58-34-63(47)50-43(42(37(30-64)72-50)76-82(13,14)53(4,5)6)75-79(80,69-27-24-55-10)70-31-38-41(74-78(67)68)44(77-83(15,16)54(7,8)9)51(73-38)62-29-36-23-20-25-61(45-39(36)46(62)57-32-56-45)48(65)35-21-18-17-19-22-35/h17-19,21-22,29,32-34,37-38,41-44,50-51,64H,20,23-28,30-31H2,1-9,11-16H3/p+1/t37-,38-,41-,42-,43-,44-,50-,51-,79?/m1/s1. The average molecular weight is 1260 g/mol. The van der Waals surface area contributed by atoms with Gasteiger partial charge in [-0.25, -0.2) is 26.5 Å². The smallest absolute Gasteiger partial charge is 0.415 e. The number of nitrogens with zero attached hydrogens (tertiary/aromatic N) is 9. The van der Waals surface area contributed by atoms with Crippen LogP contribution < -0.4 is 10.5 Å². The minimum Gasteiger partial charge on any atom is -0.415 e. The maximum absolute atomic E-state index is 14.1. The zero-order valence-electron chi connectivity index (χ0n) is 50.3. The molecule has 1 aromatic carbocycles. The Labute approximate surface area is 495 Å². The molecule has 29 heteroatoms. The van der Waals surface area contributed by atoms with Gasteiger partial charge in [0.1, 0.15) is 61.2 Å². The molecular formula is C54H82N9O14P2SSi3+. The number of carbonyl (C=O) groups is 1. The van der Waals surface area contributed by atoms with Gasteiger partial charge in [-0.3, -0.25) is 28.1 Å². The van der Waals surface area contributed by atoms with Gasteiger partial charge in [0.25, 0.3) is 11.5 Å². The summed E-state index contributed by atoms with van der Waals surface area (Å²) in [5.41, 5.74) is 1.62. The van der Waals surface area contributed by atoms with Crippen LogP contribution in [0.1, 0.15) is 97.1 Å². The minimum atomic E-state index is -4.15. The van der Waals surface area contributed by atoms with Gasteiger partial charge in [0, 0.05) is 29.4 Å². The number of ether oxygens (including phenoxy) is 2. The number of hydrogen-bond donors (Lipinski definition) is 2. The fourth-order valence-electron chi connectivity index (χ4n) is 9.51. The summed E-state index contributed by atoms with van der Waals surface area (Å²) in [6.45, 7) is 34.5. The molecule has 0 radical (unpaired) electrons. The third kappa shape index (κ3) is 13.8. The van der Waals surface area contributed by atoms with Gasteiger partial charge in [0.2, 0.25) is 6.54 Å². The lowest BCUT2D eigenvalue weighted by molar-refractivity contribution is -0.0573. The van der Waals surface area contributed by atoms with Crippen LogP contribution in [0.15, 0.2) is 60.3 Å². The number of rotatable bonds is 22. The van der Waals surface area contributed by atoms with E-state index < -0.39 is 108 Å². The molecule has 454 valence electrons. The summed E-state index contributed by atoms with van der Waals surface area (Å²) in [5, 5.41) is 11.0. The molecule has 23 nitrogen and oxygen atoms in total. The topological polar surface area (TPSA) is 249 Å². The molecule has 0 spiro atoms. The Morgan fingerprint density at radius 1 is 0.819 bits per heavy atom. The zero-order chi connectivity index (χ0) is 60.8. The van der Waals surface area contributed by atoms with E-state index in [-0.39, 0.29) is 51.9 Å². The molecule has 2 N–H and O–H groups in total. The Morgan fingerprint density at radius 2 is 1.46 bits per heavy atom. The molecule has 2 fully saturated rings. The monoisotopic (exact) mass is 1260 g/mol. The lowest BCUT2D eigenvalue weighted by Gasteiger charge is -2.41. The Morgan fingerprint density at radius 3 is 2.08 bits per heavy atom. The number of aromatic nitrogens is 7. The molecule has 2 saturated heterocycles. The molecular weight excluding hydrogens is 1180 g/mol. The number of hydrogen-bond acceptors (Lipinski definition) is 18. The Balaban J connectivity index is 1.17. The molecule has 1 amide bonds. The van der Waals surface area contributed by atoms with E-state index in [9.17, 15) is 24.2 Å². The van der Waals surface area contributed by atoms with Gasteiger partial charge >= 0.3 is 15.0 Å². The summed E-state index contributed by atoms with van der Waals surface area (Å²) >= 11 is 6.33. The summed E-state index contributed by atoms with van der Waals surface area (Å²) in [4.78, 5) is 62.8. The molecule has 8 rings (SSSR count). The van der Waals surface area contributed by atoms with Crippen molar-refractivity contribution in [2.24, 2.45) is 0 Å². The Bertz CT molecular complexity index is 3310. The third-order valence-electron chi connectivity index (χ3n) is 17.3. The van der Waals surface area contributed by atoms with Crippen LogP contribution in [-0.4, -0.2) is 151 Å². The van der Waals surface area contributed by atoms with Crippen LogP contribution in [0.5, 0.6) is 0 Å². The Kier molecular flexibility index (Phi) is 19.7. The maximum atomic E-state index is 14.1. The van der Waals surface area contributed by atoms with E-state index in [0.29, 0.717) is 48.4 Å². The van der Waals surface area contributed by atoms with E-state index in [1.807, 2.05) is 29.0 Å². The fourth-order valence-corrected chi connectivity index (χ4v) is 15.7. The first kappa shape index (κ1) is 65.1. The van der Waals surface area contributed by atoms with Crippen molar-refractivity contribution in [1.29, 1.82) is 0 Å². The van der Waals surface area contributed by atoms with Gasteiger partial charge in [-0.15, -0.1) is 9.42 Å². The van der Waals surface area contributed by atoms with Gasteiger partial charge in [-0.05, 0) is 96.7 Å². The highest BCUT2D eigenvalue weighted by Gasteiger charge is 2.57. The van der Waals surface area contributed by atoms with Crippen LogP contribution in [0.4, 0.5) is 5.82 Å². The number of carbonyl (C=O) groups excluding carboxylic acids is 1. The summed E-state index contributed by atoms with van der Waals surface area (Å²) in [5.74, 6) is 0.221. The van der Waals surface area contributed by atoms with Gasteiger partial charge < -0.3 is 46.3 Å². The molecule has 7 heterocycles. The predicted octanol–water partition coefficient (Wildman–Crippen LogP) is 9.82. The van der Waals surface area contributed by atoms with E-state index in [0.717, 1.165) is 5.56 Å². The number of fused-ring (bicyclic) bond motifs is 1. The van der Waals surface area contributed by atoms with Gasteiger partial charge in [0.05, 0.1) is 31.5 Å². The number of aliphatic hydroxyl groups is 1. The first-order chi connectivity index (χ1) is 38.7. The van der Waals surface area contributed by atoms with E-state index in [2.05, 4.69) is 116 Å². The molecule has 3 aliphatic rings. The number of amides is 1. The summed E-state index contributed by atoms with van der Waals surface area (Å²) in [6.07, 6.45) is -1.68. The first-order valence-electron chi connectivity index (χ1n) is 28.0. The van der Waals surface area contributed by atoms with Crippen molar-refractivity contribution in [3.05, 3.63) is 88.4 Å². The second-order valence-electron chi connectivity index (χ2n) is 25.9. The van der Waals surface area contributed by atoms with Crippen LogP contribution in [0.25, 0.3) is 27.0 Å². The normalized spacial score (nSPS) is 23.9. The van der Waals surface area contributed by atoms with E-state index in [1.54, 1.807) is 21.6 Å². The molecule has 3 aliphatic heterocycles. The number of aryl methyl sites for hydroxylation is 1. The van der Waals surface area contributed by atoms with Crippen molar-refractivity contribution < 1.29 is 60.2 Å². The molecule has 0 saturated carbocycles. The quantitative estimate of drug-likeness (QED) is 0.0283. The molecule has 2 unspecified atom stereocenters. The molecule has 0 bridgehead atoms. The van der Waals surface area contributed by atoms with Crippen LogP contribution in [-0.2, 0) is 70.2 Å². The lowest BCUT2D eigenvalue weighted by atomic mass is 10.1. The van der Waals surface area contributed by atoms with Crippen molar-refractivity contribution in [1.82, 2.24) is 33.6 Å². The van der Waals surface area contributed by atoms with Crippen molar-refractivity contribution in [3.63, 3.8) is 0 Å². The van der Waals surface area contributed by atoms with Gasteiger partial charge in [0.15, 0.2) is 54.7 Å². The Hall–Kier alpha value is -3.89. The molecule has 4 aromatic heterocycles. The van der Waals surface area contributed by atoms with E-state index in [4.69, 9.17) is 69.2 Å². The van der Waals surface area contributed by atoms with Crippen molar-refractivity contribution in [2.75, 3.05) is 44.4 Å². The van der Waals surface area contributed by atoms with Gasteiger partial charge in [-0.2, -0.15) is 0 Å². The van der Waals surface area contributed by atoms with Crippen molar-refractivity contribution in [2.45, 2.75) is 185 Å². The number of imidazole rings is 1. The fraction of sp³-hybridized carbons (Fsp3) is 0.648. The largest absolute Gasteiger partial charge is 0.695 e. The lowest BCUT2D eigenvalue weighted by Crippen LogP contribution is -2.50. The number of benzene rings is 1. The highest BCUT2D eigenvalue weighted by atomic mass is 32.5. The highest BCUT2D eigenvalue weighted by Crippen LogP contribution is 2.57. The summed E-state index contributed by atoms with van der Waals surface area (Å²) < 4.78 is 78.2. The first-order valence-corrected chi connectivity index (χ1v) is 40.4. The van der Waals surface area contributed by atoms with Crippen LogP contribution in [0, 0.1) is 6.57 Å². The minimum absolute atomic E-state index is 0.0309. The molecule has 0 aliphatic carbocycles. The van der Waals surface area contributed by atoms with Crippen LogP contribution in [0.3, 0.4) is 0 Å². The van der Waals surface area contributed by atoms with Crippen LogP contribution >= 0.6 is 15.0 Å². The van der Waals surface area contributed by atoms with Crippen LogP contribution in [0.2, 0.25) is 54.4 Å². The average Bonchev–Trinajstić information content (AvgIpc) is 3.58. The summed E-state index contributed by atoms with van der Waals surface area (Å²) in [7, 11) is -10.9. The molecule has 5 aromatic rings. The van der Waals surface area contributed by atoms with E-state index >= 15 is 0 Å². The second kappa shape index (κ2) is 25.1. The van der Waals surface area contributed by atoms with Gasteiger partial charge in [-0.1, -0.05) is 80.5 Å². The maximum Gasteiger partial charge on any atom is 0.695 e. The molecule has 83 heavy (non-hydrogen) atoms. The second-order valence-corrected chi connectivity index (χ2v) is 43.9. The molecule has 10 atom stereocenters. The summed E-state index contributed by atoms with van der Waals surface area (Å²) in [6, 6.07) is 9.00. The van der Waals surface area contributed by atoms with Crippen molar-refractivity contribution >= 4 is 85.7 Å².